The van der Waals surface area contributed by atoms with Crippen LogP contribution in [0.4, 0.5) is 0 Å². The molecule has 0 radical (unpaired) electrons. The first-order chi connectivity index (χ1) is 8.63. The first kappa shape index (κ1) is 15.0. The minimum atomic E-state index is 0.400. The van der Waals surface area contributed by atoms with Crippen molar-refractivity contribution in [2.24, 2.45) is 5.92 Å². The summed E-state index contributed by atoms with van der Waals surface area (Å²) in [6.07, 6.45) is 2.29. The van der Waals surface area contributed by atoms with Crippen molar-refractivity contribution in [3.8, 4) is 5.75 Å². The van der Waals surface area contributed by atoms with Gasteiger partial charge in [-0.2, -0.15) is 0 Å². The zero-order valence-corrected chi connectivity index (χ0v) is 12.2. The van der Waals surface area contributed by atoms with Crippen molar-refractivity contribution in [1.82, 2.24) is 5.32 Å². The molecule has 0 fully saturated rings. The molecule has 1 aromatic rings. The predicted octanol–water partition coefficient (Wildman–Crippen LogP) is 4.17. The standard InChI is InChI=1S/C16H27NO/c1-5-6-11-18-16-9-7-15(8-10-16)14(4)17-12-13(2)3/h7-10,13-14,17H,5-6,11-12H2,1-4H3/t14-/m0/s1. The molecule has 102 valence electrons. The SMILES string of the molecule is CCCCOc1ccc([C@H](C)NCC(C)C)cc1. The Morgan fingerprint density at radius 1 is 1.11 bits per heavy atom. The molecule has 1 N–H and O–H groups in total. The summed E-state index contributed by atoms with van der Waals surface area (Å²) in [5.74, 6) is 1.66. The third-order valence-electron chi connectivity index (χ3n) is 2.98. The Labute approximate surface area is 112 Å². The van der Waals surface area contributed by atoms with E-state index in [9.17, 15) is 0 Å². The molecular formula is C16H27NO. The van der Waals surface area contributed by atoms with Gasteiger partial charge >= 0.3 is 0 Å². The molecule has 0 aromatic heterocycles. The van der Waals surface area contributed by atoms with Gasteiger partial charge in [0.05, 0.1) is 6.61 Å². The van der Waals surface area contributed by atoms with E-state index in [0.717, 1.165) is 25.3 Å². The van der Waals surface area contributed by atoms with E-state index in [0.29, 0.717) is 12.0 Å². The third-order valence-corrected chi connectivity index (χ3v) is 2.98. The van der Waals surface area contributed by atoms with Gasteiger partial charge in [-0.25, -0.2) is 0 Å². The van der Waals surface area contributed by atoms with Gasteiger partial charge in [-0.1, -0.05) is 39.3 Å². The topological polar surface area (TPSA) is 21.3 Å². The monoisotopic (exact) mass is 249 g/mol. The van der Waals surface area contributed by atoms with Crippen LogP contribution in [0.25, 0.3) is 0 Å². The van der Waals surface area contributed by atoms with Crippen LogP contribution in [0.3, 0.4) is 0 Å². The molecule has 0 aliphatic carbocycles. The largest absolute Gasteiger partial charge is 0.494 e. The Balaban J connectivity index is 2.43. The van der Waals surface area contributed by atoms with Crippen LogP contribution in [-0.2, 0) is 0 Å². The van der Waals surface area contributed by atoms with Crippen LogP contribution in [0.5, 0.6) is 5.75 Å². The Hall–Kier alpha value is -1.02. The van der Waals surface area contributed by atoms with Crippen molar-refractivity contribution in [3.63, 3.8) is 0 Å². The van der Waals surface area contributed by atoms with E-state index in [-0.39, 0.29) is 0 Å². The molecule has 1 rings (SSSR count). The summed E-state index contributed by atoms with van der Waals surface area (Å²) < 4.78 is 5.66. The Morgan fingerprint density at radius 2 is 1.78 bits per heavy atom. The lowest BCUT2D eigenvalue weighted by Crippen LogP contribution is -2.23. The average Bonchev–Trinajstić information content (AvgIpc) is 2.37. The maximum absolute atomic E-state index is 5.66. The smallest absolute Gasteiger partial charge is 0.119 e. The second kappa shape index (κ2) is 8.15. The molecule has 1 atom stereocenters. The lowest BCUT2D eigenvalue weighted by molar-refractivity contribution is 0.309. The van der Waals surface area contributed by atoms with Gasteiger partial charge in [0.25, 0.3) is 0 Å². The molecule has 0 saturated heterocycles. The van der Waals surface area contributed by atoms with Crippen LogP contribution in [0.15, 0.2) is 24.3 Å². The number of hydrogen-bond donors (Lipinski definition) is 1. The Kier molecular flexibility index (Phi) is 6.81. The highest BCUT2D eigenvalue weighted by Crippen LogP contribution is 2.18. The fourth-order valence-electron chi connectivity index (χ4n) is 1.72. The number of nitrogens with one attached hydrogen (secondary N) is 1. The second-order valence-electron chi connectivity index (χ2n) is 5.29. The number of ether oxygens (including phenoxy) is 1. The van der Waals surface area contributed by atoms with E-state index >= 15 is 0 Å². The zero-order valence-electron chi connectivity index (χ0n) is 12.2. The molecule has 0 aliphatic heterocycles. The number of hydrogen-bond acceptors (Lipinski definition) is 2. The predicted molar refractivity (Wildman–Crippen MR) is 78.1 cm³/mol. The molecular weight excluding hydrogens is 222 g/mol. The molecule has 0 aliphatic rings. The van der Waals surface area contributed by atoms with Crippen LogP contribution in [0.2, 0.25) is 0 Å². The maximum Gasteiger partial charge on any atom is 0.119 e. The fraction of sp³-hybridized carbons (Fsp3) is 0.625. The van der Waals surface area contributed by atoms with Gasteiger partial charge in [0.1, 0.15) is 5.75 Å². The van der Waals surface area contributed by atoms with Crippen LogP contribution >= 0.6 is 0 Å². The van der Waals surface area contributed by atoms with Gasteiger partial charge in [-0.15, -0.1) is 0 Å². The summed E-state index contributed by atoms with van der Waals surface area (Å²) in [7, 11) is 0. The molecule has 0 bridgehead atoms. The fourth-order valence-corrected chi connectivity index (χ4v) is 1.72. The van der Waals surface area contributed by atoms with Crippen molar-refractivity contribution in [1.29, 1.82) is 0 Å². The van der Waals surface area contributed by atoms with E-state index in [2.05, 4.69) is 57.3 Å². The molecule has 0 saturated carbocycles. The molecule has 1 aromatic carbocycles. The van der Waals surface area contributed by atoms with Crippen LogP contribution in [0, 0.1) is 5.92 Å². The molecule has 2 heteroatoms. The van der Waals surface area contributed by atoms with Gasteiger partial charge < -0.3 is 10.1 Å². The minimum Gasteiger partial charge on any atom is -0.494 e. The summed E-state index contributed by atoms with van der Waals surface area (Å²) in [5, 5.41) is 3.53. The summed E-state index contributed by atoms with van der Waals surface area (Å²) in [6, 6.07) is 8.84. The number of benzene rings is 1. The van der Waals surface area contributed by atoms with Crippen molar-refractivity contribution < 1.29 is 4.74 Å². The third kappa shape index (κ3) is 5.54. The lowest BCUT2D eigenvalue weighted by Gasteiger charge is -2.16. The molecule has 2 nitrogen and oxygen atoms in total. The quantitative estimate of drug-likeness (QED) is 0.698. The zero-order chi connectivity index (χ0) is 13.4. The van der Waals surface area contributed by atoms with Crippen molar-refractivity contribution >= 4 is 0 Å². The summed E-state index contributed by atoms with van der Waals surface area (Å²) >= 11 is 0. The second-order valence-corrected chi connectivity index (χ2v) is 5.29. The molecule has 0 unspecified atom stereocenters. The van der Waals surface area contributed by atoms with E-state index in [1.807, 2.05) is 0 Å². The first-order valence-corrected chi connectivity index (χ1v) is 7.09. The molecule has 0 heterocycles. The average molecular weight is 249 g/mol. The molecule has 18 heavy (non-hydrogen) atoms. The lowest BCUT2D eigenvalue weighted by atomic mass is 10.1. The summed E-state index contributed by atoms with van der Waals surface area (Å²) in [5.41, 5.74) is 1.32. The van der Waals surface area contributed by atoms with Crippen molar-refractivity contribution in [3.05, 3.63) is 29.8 Å². The van der Waals surface area contributed by atoms with Crippen molar-refractivity contribution in [2.75, 3.05) is 13.2 Å². The Morgan fingerprint density at radius 3 is 2.33 bits per heavy atom. The van der Waals surface area contributed by atoms with Crippen LogP contribution in [0.1, 0.15) is 52.1 Å². The Bertz CT molecular complexity index is 318. The van der Waals surface area contributed by atoms with Gasteiger partial charge in [0.15, 0.2) is 0 Å². The van der Waals surface area contributed by atoms with E-state index in [4.69, 9.17) is 4.74 Å². The summed E-state index contributed by atoms with van der Waals surface area (Å²) in [4.78, 5) is 0. The molecule has 0 amide bonds. The van der Waals surface area contributed by atoms with E-state index in [1.54, 1.807) is 0 Å². The highest BCUT2D eigenvalue weighted by atomic mass is 16.5. The van der Waals surface area contributed by atoms with Crippen LogP contribution in [-0.4, -0.2) is 13.2 Å². The normalized spacial score (nSPS) is 12.7. The van der Waals surface area contributed by atoms with Gasteiger partial charge in [0, 0.05) is 6.04 Å². The van der Waals surface area contributed by atoms with Gasteiger partial charge in [-0.3, -0.25) is 0 Å². The summed E-state index contributed by atoms with van der Waals surface area (Å²) in [6.45, 7) is 10.7. The number of unbranched alkanes of at least 4 members (excludes halogenated alkanes) is 1. The highest BCUT2D eigenvalue weighted by Gasteiger charge is 2.05. The van der Waals surface area contributed by atoms with E-state index < -0.39 is 0 Å². The van der Waals surface area contributed by atoms with Gasteiger partial charge in [0.2, 0.25) is 0 Å². The van der Waals surface area contributed by atoms with Crippen molar-refractivity contribution in [2.45, 2.75) is 46.6 Å². The van der Waals surface area contributed by atoms with E-state index in [1.165, 1.54) is 12.0 Å². The molecule has 0 spiro atoms. The maximum atomic E-state index is 5.66. The van der Waals surface area contributed by atoms with Crippen LogP contribution < -0.4 is 10.1 Å². The van der Waals surface area contributed by atoms with Gasteiger partial charge in [-0.05, 0) is 43.5 Å². The first-order valence-electron chi connectivity index (χ1n) is 7.09. The number of rotatable bonds is 8. The highest BCUT2D eigenvalue weighted by molar-refractivity contribution is 5.28. The minimum absolute atomic E-state index is 0.400.